The second-order valence-electron chi connectivity index (χ2n) is 3.90. The van der Waals surface area contributed by atoms with E-state index in [1.807, 2.05) is 0 Å². The van der Waals surface area contributed by atoms with Gasteiger partial charge in [-0.3, -0.25) is 24.6 Å². The van der Waals surface area contributed by atoms with E-state index in [4.69, 9.17) is 4.74 Å². The zero-order valence-electron chi connectivity index (χ0n) is 9.99. The second-order valence-corrected chi connectivity index (χ2v) is 3.90. The molecule has 1 unspecified atom stereocenters. The third-order valence-corrected chi connectivity index (χ3v) is 2.28. The summed E-state index contributed by atoms with van der Waals surface area (Å²) in [7, 11) is 1.53. The molecule has 1 heterocycles. The molecule has 0 radical (unpaired) electrons. The lowest BCUT2D eigenvalue weighted by Gasteiger charge is -2.25. The van der Waals surface area contributed by atoms with Crippen molar-refractivity contribution in [3.63, 3.8) is 0 Å². The van der Waals surface area contributed by atoms with Gasteiger partial charge in [0.2, 0.25) is 17.7 Å². The van der Waals surface area contributed by atoms with E-state index in [0.717, 1.165) is 4.90 Å². The molecule has 1 rings (SSSR count). The van der Waals surface area contributed by atoms with Gasteiger partial charge in [-0.2, -0.15) is 0 Å². The minimum absolute atomic E-state index is 0.0899. The quantitative estimate of drug-likeness (QED) is 0.550. The maximum Gasteiger partial charge on any atom is 0.243 e. The fourth-order valence-electron chi connectivity index (χ4n) is 1.54. The summed E-state index contributed by atoms with van der Waals surface area (Å²) in [6.07, 6.45) is 0. The summed E-state index contributed by atoms with van der Waals surface area (Å²) in [6.45, 7) is 2.12. The summed E-state index contributed by atoms with van der Waals surface area (Å²) in [5.41, 5.74) is 0. The number of hydrogen-bond donors (Lipinski definition) is 2. The van der Waals surface area contributed by atoms with Crippen molar-refractivity contribution in [2.24, 2.45) is 0 Å². The Morgan fingerprint density at radius 2 is 2.06 bits per heavy atom. The van der Waals surface area contributed by atoms with E-state index in [1.54, 1.807) is 6.92 Å². The number of nitrogens with one attached hydrogen (secondary N) is 2. The molecule has 0 aromatic carbocycles. The standard InChI is InChI=1S/C10H17N3O4/c1-7(6-17-2)12-8(14)5-13-9(15)3-11-4-10(13)16/h7,11H,3-6H2,1-2H3,(H,12,14). The molecule has 17 heavy (non-hydrogen) atoms. The lowest BCUT2D eigenvalue weighted by Crippen LogP contribution is -2.55. The molecule has 7 nitrogen and oxygen atoms in total. The normalized spacial score (nSPS) is 18.1. The Kier molecular flexibility index (Phi) is 5.05. The van der Waals surface area contributed by atoms with Gasteiger partial charge in [0.15, 0.2) is 0 Å². The van der Waals surface area contributed by atoms with E-state index < -0.39 is 0 Å². The largest absolute Gasteiger partial charge is 0.383 e. The van der Waals surface area contributed by atoms with Crippen LogP contribution in [0.1, 0.15) is 6.92 Å². The van der Waals surface area contributed by atoms with Gasteiger partial charge in [0.05, 0.1) is 19.7 Å². The van der Waals surface area contributed by atoms with Crippen molar-refractivity contribution in [3.8, 4) is 0 Å². The Hall–Kier alpha value is -1.47. The average Bonchev–Trinajstić information content (AvgIpc) is 2.24. The molecule has 1 atom stereocenters. The van der Waals surface area contributed by atoms with Crippen molar-refractivity contribution in [2.75, 3.05) is 33.4 Å². The number of hydrogen-bond acceptors (Lipinski definition) is 5. The number of rotatable bonds is 5. The highest BCUT2D eigenvalue weighted by Crippen LogP contribution is 1.96. The lowest BCUT2D eigenvalue weighted by molar-refractivity contribution is -0.149. The number of ether oxygens (including phenoxy) is 1. The molecule has 0 saturated carbocycles. The van der Waals surface area contributed by atoms with Gasteiger partial charge in [-0.25, -0.2) is 0 Å². The van der Waals surface area contributed by atoms with Crippen molar-refractivity contribution in [3.05, 3.63) is 0 Å². The first-order valence-corrected chi connectivity index (χ1v) is 5.36. The van der Waals surface area contributed by atoms with Gasteiger partial charge in [0.1, 0.15) is 6.54 Å². The monoisotopic (exact) mass is 243 g/mol. The summed E-state index contributed by atoms with van der Waals surface area (Å²) in [6, 6.07) is -0.152. The number of imide groups is 1. The van der Waals surface area contributed by atoms with Crippen LogP contribution in [0.25, 0.3) is 0 Å². The summed E-state index contributed by atoms with van der Waals surface area (Å²) >= 11 is 0. The number of carbonyl (C=O) groups is 3. The van der Waals surface area contributed by atoms with Gasteiger partial charge in [-0.05, 0) is 6.92 Å². The molecule has 0 aromatic heterocycles. The SMILES string of the molecule is COCC(C)NC(=O)CN1C(=O)CNCC1=O. The van der Waals surface area contributed by atoms with Gasteiger partial charge in [-0.15, -0.1) is 0 Å². The van der Waals surface area contributed by atoms with Gasteiger partial charge in [-0.1, -0.05) is 0 Å². The molecule has 7 heteroatoms. The van der Waals surface area contributed by atoms with E-state index in [9.17, 15) is 14.4 Å². The van der Waals surface area contributed by atoms with Crippen molar-refractivity contribution in [1.82, 2.24) is 15.5 Å². The first-order chi connectivity index (χ1) is 8.04. The molecule has 0 bridgehead atoms. The molecule has 0 spiro atoms. The minimum atomic E-state index is -0.379. The molecule has 1 aliphatic heterocycles. The predicted molar refractivity (Wildman–Crippen MR) is 59.1 cm³/mol. The van der Waals surface area contributed by atoms with Crippen LogP contribution in [-0.2, 0) is 19.1 Å². The van der Waals surface area contributed by atoms with Crippen LogP contribution in [0.2, 0.25) is 0 Å². The minimum Gasteiger partial charge on any atom is -0.383 e. The smallest absolute Gasteiger partial charge is 0.243 e. The second kappa shape index (κ2) is 6.31. The maximum absolute atomic E-state index is 11.6. The predicted octanol–water partition coefficient (Wildman–Crippen LogP) is -1.90. The Balaban J connectivity index is 2.44. The summed E-state index contributed by atoms with van der Waals surface area (Å²) < 4.78 is 4.86. The molecular weight excluding hydrogens is 226 g/mol. The highest BCUT2D eigenvalue weighted by Gasteiger charge is 2.27. The van der Waals surface area contributed by atoms with Crippen LogP contribution in [0.15, 0.2) is 0 Å². The Bertz CT molecular complexity index is 303. The number of methoxy groups -OCH3 is 1. The molecular formula is C10H17N3O4. The van der Waals surface area contributed by atoms with Crippen LogP contribution >= 0.6 is 0 Å². The zero-order chi connectivity index (χ0) is 12.8. The molecule has 1 aliphatic rings. The van der Waals surface area contributed by atoms with E-state index >= 15 is 0 Å². The van der Waals surface area contributed by atoms with Crippen LogP contribution in [-0.4, -0.2) is 62.0 Å². The van der Waals surface area contributed by atoms with E-state index in [0.29, 0.717) is 6.61 Å². The van der Waals surface area contributed by atoms with Crippen molar-refractivity contribution in [2.45, 2.75) is 13.0 Å². The fourth-order valence-corrected chi connectivity index (χ4v) is 1.54. The van der Waals surface area contributed by atoms with E-state index in [1.165, 1.54) is 7.11 Å². The molecule has 0 aromatic rings. The van der Waals surface area contributed by atoms with Crippen molar-refractivity contribution in [1.29, 1.82) is 0 Å². The Morgan fingerprint density at radius 3 is 2.59 bits per heavy atom. The summed E-state index contributed by atoms with van der Waals surface area (Å²) in [4.78, 5) is 35.3. The van der Waals surface area contributed by atoms with Crippen molar-refractivity contribution >= 4 is 17.7 Å². The number of piperazine rings is 1. The average molecular weight is 243 g/mol. The van der Waals surface area contributed by atoms with Gasteiger partial charge in [0, 0.05) is 13.2 Å². The third kappa shape index (κ3) is 4.12. The van der Waals surface area contributed by atoms with Gasteiger partial charge >= 0.3 is 0 Å². The molecule has 0 aliphatic carbocycles. The number of amides is 3. The van der Waals surface area contributed by atoms with Crippen LogP contribution in [0, 0.1) is 0 Å². The molecule has 1 saturated heterocycles. The number of carbonyl (C=O) groups excluding carboxylic acids is 3. The zero-order valence-corrected chi connectivity index (χ0v) is 9.99. The molecule has 2 N–H and O–H groups in total. The van der Waals surface area contributed by atoms with Crippen LogP contribution in [0.5, 0.6) is 0 Å². The van der Waals surface area contributed by atoms with Crippen LogP contribution in [0.4, 0.5) is 0 Å². The Labute approximate surface area is 99.5 Å². The van der Waals surface area contributed by atoms with Gasteiger partial charge in [0.25, 0.3) is 0 Å². The maximum atomic E-state index is 11.6. The first-order valence-electron chi connectivity index (χ1n) is 5.36. The Morgan fingerprint density at radius 1 is 1.47 bits per heavy atom. The number of nitrogens with zero attached hydrogens (tertiary/aromatic N) is 1. The summed E-state index contributed by atoms with van der Waals surface area (Å²) in [5.74, 6) is -1.12. The lowest BCUT2D eigenvalue weighted by atomic mass is 10.3. The third-order valence-electron chi connectivity index (χ3n) is 2.28. The van der Waals surface area contributed by atoms with Crippen molar-refractivity contribution < 1.29 is 19.1 Å². The van der Waals surface area contributed by atoms with E-state index in [2.05, 4.69) is 10.6 Å². The molecule has 1 fully saturated rings. The molecule has 3 amide bonds. The fraction of sp³-hybridized carbons (Fsp3) is 0.700. The van der Waals surface area contributed by atoms with E-state index in [-0.39, 0.29) is 43.4 Å². The molecule has 96 valence electrons. The summed E-state index contributed by atoms with van der Waals surface area (Å²) in [5, 5.41) is 5.29. The van der Waals surface area contributed by atoms with Gasteiger partial charge < -0.3 is 10.1 Å². The van der Waals surface area contributed by atoms with Crippen LogP contribution in [0.3, 0.4) is 0 Å². The van der Waals surface area contributed by atoms with Crippen LogP contribution < -0.4 is 10.6 Å². The highest BCUT2D eigenvalue weighted by atomic mass is 16.5. The highest BCUT2D eigenvalue weighted by molar-refractivity contribution is 6.02. The first kappa shape index (κ1) is 13.6. The topological polar surface area (TPSA) is 87.7 Å².